The monoisotopic (exact) mass is 656 g/mol. The predicted octanol–water partition coefficient (Wildman–Crippen LogP) is 4.58. The summed E-state index contributed by atoms with van der Waals surface area (Å²) in [5, 5.41) is 12.1. The smallest absolute Gasteiger partial charge is 0.326 e. The molecular formula is C22H15Br2FN4O5S2. The number of pyridine rings is 1. The Labute approximate surface area is 225 Å². The number of benzene rings is 2. The average Bonchev–Trinajstić information content (AvgIpc) is 3.29. The van der Waals surface area contributed by atoms with Crippen LogP contribution in [-0.2, 0) is 21.2 Å². The predicted molar refractivity (Wildman–Crippen MR) is 139 cm³/mol. The summed E-state index contributed by atoms with van der Waals surface area (Å²) in [6.07, 6.45) is 2.60. The van der Waals surface area contributed by atoms with E-state index in [-0.39, 0.29) is 27.2 Å². The number of amides is 1. The molecule has 2 aromatic carbocycles. The Morgan fingerprint density at radius 2 is 1.92 bits per heavy atom. The molecule has 4 rings (SSSR count). The summed E-state index contributed by atoms with van der Waals surface area (Å²) in [7, 11) is -4.24. The van der Waals surface area contributed by atoms with Crippen LogP contribution in [0.3, 0.4) is 0 Å². The van der Waals surface area contributed by atoms with E-state index < -0.39 is 33.8 Å². The third-order valence-electron chi connectivity index (χ3n) is 5.00. The maximum Gasteiger partial charge on any atom is 0.326 e. The first-order chi connectivity index (χ1) is 17.0. The van der Waals surface area contributed by atoms with Gasteiger partial charge in [-0.1, -0.05) is 22.0 Å². The third kappa shape index (κ3) is 5.72. The summed E-state index contributed by atoms with van der Waals surface area (Å²) in [6.45, 7) is 0. The number of hydrogen-bond acceptors (Lipinski definition) is 7. The molecule has 0 radical (unpaired) electrons. The summed E-state index contributed by atoms with van der Waals surface area (Å²) in [4.78, 5) is 28.9. The molecule has 0 saturated heterocycles. The van der Waals surface area contributed by atoms with Crippen LogP contribution in [0.15, 0.2) is 68.8 Å². The highest BCUT2D eigenvalue weighted by Gasteiger charge is 2.26. The Hall–Kier alpha value is -2.94. The summed E-state index contributed by atoms with van der Waals surface area (Å²) < 4.78 is 47.5. The van der Waals surface area contributed by atoms with Crippen molar-refractivity contribution in [2.45, 2.75) is 17.5 Å². The molecule has 0 aliphatic carbocycles. The second-order valence-electron chi connectivity index (χ2n) is 7.47. The Morgan fingerprint density at radius 3 is 2.64 bits per heavy atom. The van der Waals surface area contributed by atoms with Crippen LogP contribution >= 0.6 is 43.4 Å². The molecule has 0 saturated carbocycles. The van der Waals surface area contributed by atoms with Crippen LogP contribution in [0.1, 0.15) is 15.9 Å². The van der Waals surface area contributed by atoms with Crippen LogP contribution in [0.4, 0.5) is 10.1 Å². The molecule has 0 bridgehead atoms. The first-order valence-corrected chi connectivity index (χ1v) is 13.9. The van der Waals surface area contributed by atoms with Gasteiger partial charge in [0, 0.05) is 17.1 Å². The average molecular weight is 658 g/mol. The Kier molecular flexibility index (Phi) is 7.68. The fourth-order valence-corrected chi connectivity index (χ4v) is 6.02. The number of anilines is 1. The molecule has 36 heavy (non-hydrogen) atoms. The molecule has 0 unspecified atom stereocenters. The first-order valence-electron chi connectivity index (χ1n) is 10.0. The zero-order chi connectivity index (χ0) is 26.0. The number of carboxylic acid groups (broad SMARTS) is 1. The summed E-state index contributed by atoms with van der Waals surface area (Å²) in [6, 6.07) is 8.53. The molecule has 3 N–H and O–H groups in total. The second kappa shape index (κ2) is 10.6. The molecule has 2 aromatic heterocycles. The van der Waals surface area contributed by atoms with Crippen molar-refractivity contribution in [3.05, 3.63) is 80.7 Å². The lowest BCUT2D eigenvalue weighted by atomic mass is 10.0. The minimum atomic E-state index is -4.24. The van der Waals surface area contributed by atoms with Crippen LogP contribution in [0, 0.1) is 5.82 Å². The zero-order valence-corrected chi connectivity index (χ0v) is 22.7. The van der Waals surface area contributed by atoms with Gasteiger partial charge in [-0.25, -0.2) is 14.2 Å². The molecular weight excluding hydrogens is 643 g/mol. The van der Waals surface area contributed by atoms with Gasteiger partial charge >= 0.3 is 5.97 Å². The lowest BCUT2D eigenvalue weighted by Crippen LogP contribution is -2.42. The SMILES string of the molecule is O=C(N[C@@H](Cc1ccc(F)c(Br)c1)C(=O)O)c1ccc(Br)cc1NS(=O)(=O)c1nccc2sncc12. The largest absolute Gasteiger partial charge is 0.480 e. The zero-order valence-electron chi connectivity index (χ0n) is 17.9. The molecule has 0 spiro atoms. The van der Waals surface area contributed by atoms with Gasteiger partial charge in [0.15, 0.2) is 5.03 Å². The Morgan fingerprint density at radius 1 is 1.14 bits per heavy atom. The number of aliphatic carboxylic acids is 1. The molecule has 1 atom stereocenters. The van der Waals surface area contributed by atoms with Gasteiger partial charge in [0.25, 0.3) is 15.9 Å². The summed E-state index contributed by atoms with van der Waals surface area (Å²) >= 11 is 7.42. The lowest BCUT2D eigenvalue weighted by molar-refractivity contribution is -0.139. The van der Waals surface area contributed by atoms with E-state index in [1.54, 1.807) is 6.07 Å². The molecule has 14 heteroatoms. The van der Waals surface area contributed by atoms with E-state index in [1.807, 2.05) is 0 Å². The number of fused-ring (bicyclic) bond motifs is 1. The van der Waals surface area contributed by atoms with Crippen molar-refractivity contribution in [3.8, 4) is 0 Å². The first kappa shape index (κ1) is 26.1. The summed E-state index contributed by atoms with van der Waals surface area (Å²) in [5.41, 5.74) is 0.276. The molecule has 0 aliphatic rings. The van der Waals surface area contributed by atoms with Gasteiger partial charge in [-0.2, -0.15) is 12.8 Å². The molecule has 9 nitrogen and oxygen atoms in total. The molecule has 186 valence electrons. The van der Waals surface area contributed by atoms with Crippen molar-refractivity contribution in [1.82, 2.24) is 14.7 Å². The Bertz CT molecular complexity index is 1600. The van der Waals surface area contributed by atoms with E-state index in [2.05, 4.69) is 51.3 Å². The number of nitrogens with zero attached hydrogens (tertiary/aromatic N) is 2. The minimum Gasteiger partial charge on any atom is -0.480 e. The van der Waals surface area contributed by atoms with Crippen molar-refractivity contribution >= 4 is 81.1 Å². The van der Waals surface area contributed by atoms with E-state index in [0.29, 0.717) is 20.1 Å². The van der Waals surface area contributed by atoms with Crippen molar-refractivity contribution in [2.75, 3.05) is 4.72 Å². The van der Waals surface area contributed by atoms with Crippen LogP contribution in [0.25, 0.3) is 10.1 Å². The molecule has 0 fully saturated rings. The van der Waals surface area contributed by atoms with Gasteiger partial charge < -0.3 is 10.4 Å². The number of sulfonamides is 1. The van der Waals surface area contributed by atoms with Gasteiger partial charge in [0.1, 0.15) is 11.9 Å². The van der Waals surface area contributed by atoms with Crippen LogP contribution in [-0.4, -0.2) is 40.8 Å². The maximum atomic E-state index is 13.5. The van der Waals surface area contributed by atoms with E-state index >= 15 is 0 Å². The van der Waals surface area contributed by atoms with E-state index in [9.17, 15) is 27.5 Å². The number of rotatable bonds is 8. The quantitative estimate of drug-likeness (QED) is 0.252. The number of hydrogen-bond donors (Lipinski definition) is 3. The number of carboxylic acids is 1. The van der Waals surface area contributed by atoms with Gasteiger partial charge in [0.05, 0.1) is 32.0 Å². The molecule has 2 heterocycles. The van der Waals surface area contributed by atoms with Crippen molar-refractivity contribution in [1.29, 1.82) is 0 Å². The topological polar surface area (TPSA) is 138 Å². The van der Waals surface area contributed by atoms with Gasteiger partial charge in [-0.3, -0.25) is 9.52 Å². The number of halogens is 3. The van der Waals surface area contributed by atoms with Gasteiger partial charge in [-0.15, -0.1) is 0 Å². The van der Waals surface area contributed by atoms with Crippen molar-refractivity contribution in [3.63, 3.8) is 0 Å². The number of carbonyl (C=O) groups is 2. The Balaban J connectivity index is 1.62. The maximum absolute atomic E-state index is 13.5. The van der Waals surface area contributed by atoms with Crippen LogP contribution < -0.4 is 10.0 Å². The lowest BCUT2D eigenvalue weighted by Gasteiger charge is -2.17. The van der Waals surface area contributed by atoms with E-state index in [4.69, 9.17) is 0 Å². The van der Waals surface area contributed by atoms with Crippen molar-refractivity contribution < 1.29 is 27.5 Å². The van der Waals surface area contributed by atoms with Crippen LogP contribution in [0.5, 0.6) is 0 Å². The number of nitrogens with one attached hydrogen (secondary N) is 2. The highest BCUT2D eigenvalue weighted by molar-refractivity contribution is 9.10. The van der Waals surface area contributed by atoms with E-state index in [0.717, 1.165) is 11.5 Å². The fraction of sp³-hybridized carbons (Fsp3) is 0.0909. The van der Waals surface area contributed by atoms with Gasteiger partial charge in [-0.05, 0) is 69.4 Å². The van der Waals surface area contributed by atoms with Crippen molar-refractivity contribution in [2.24, 2.45) is 0 Å². The molecule has 4 aromatic rings. The fourth-order valence-electron chi connectivity index (χ4n) is 3.32. The summed E-state index contributed by atoms with van der Waals surface area (Å²) in [5.74, 6) is -2.65. The normalized spacial score (nSPS) is 12.3. The van der Waals surface area contributed by atoms with Crippen LogP contribution in [0.2, 0.25) is 0 Å². The molecule has 0 aliphatic heterocycles. The number of aromatic nitrogens is 2. The highest BCUT2D eigenvalue weighted by Crippen LogP contribution is 2.28. The number of carbonyl (C=O) groups excluding carboxylic acids is 1. The second-order valence-corrected chi connectivity index (χ2v) is 11.7. The minimum absolute atomic E-state index is 0.0856. The van der Waals surface area contributed by atoms with E-state index in [1.165, 1.54) is 48.8 Å². The van der Waals surface area contributed by atoms with Gasteiger partial charge in [0.2, 0.25) is 0 Å². The third-order valence-corrected chi connectivity index (χ3v) is 8.19. The highest BCUT2D eigenvalue weighted by atomic mass is 79.9. The molecule has 1 amide bonds. The standard InChI is InChI=1S/C22H15Br2FN4O5S2/c23-12-2-3-13(20(30)28-18(22(31)32)8-11-1-4-16(25)15(24)7-11)17(9-12)29-36(33,34)21-14-10-27-35-19(14)5-6-26-21/h1-7,9-10,18,29H,8H2,(H,28,30)(H,31,32)/t18-/m0/s1.